The van der Waals surface area contributed by atoms with E-state index >= 15 is 0 Å². The Morgan fingerprint density at radius 2 is 1.32 bits per heavy atom. The van der Waals surface area contributed by atoms with Crippen LogP contribution >= 0.6 is 0 Å². The van der Waals surface area contributed by atoms with Gasteiger partial charge in [0.2, 0.25) is 0 Å². The Labute approximate surface area is 131 Å². The molecule has 0 fully saturated rings. The van der Waals surface area contributed by atoms with Gasteiger partial charge in [-0.15, -0.1) is 0 Å². The monoisotopic (exact) mass is 302 g/mol. The molecule has 118 valence electrons. The van der Waals surface area contributed by atoms with Gasteiger partial charge in [-0.25, -0.2) is 0 Å². The molecule has 0 unspecified atom stereocenters. The lowest BCUT2D eigenvalue weighted by molar-refractivity contribution is 0.217. The summed E-state index contributed by atoms with van der Waals surface area (Å²) in [5.41, 5.74) is 6.48. The van der Waals surface area contributed by atoms with Gasteiger partial charge in [0.25, 0.3) is 0 Å². The molecule has 0 atom stereocenters. The molecule has 0 aliphatic heterocycles. The maximum atomic E-state index is 5.63. The molecular formula is C17H22N2O3. The average molecular weight is 302 g/mol. The first kappa shape index (κ1) is 16.0. The standard InChI is InChI=1S/C17H22N2O3/c1-20-15-6-8-17(9-7-15)22-13-12-21-16-4-2-14(3-5-16)19-11-10-18/h2-9,19H,10-13,18H2,1H3. The third-order valence-electron chi connectivity index (χ3n) is 3.01. The van der Waals surface area contributed by atoms with E-state index in [0.29, 0.717) is 19.8 Å². The molecule has 0 amide bonds. The first-order valence-electron chi connectivity index (χ1n) is 7.25. The summed E-state index contributed by atoms with van der Waals surface area (Å²) in [6.07, 6.45) is 0. The van der Waals surface area contributed by atoms with Crippen molar-refractivity contribution < 1.29 is 14.2 Å². The zero-order chi connectivity index (χ0) is 15.6. The van der Waals surface area contributed by atoms with Gasteiger partial charge in [0.1, 0.15) is 30.5 Å². The minimum Gasteiger partial charge on any atom is -0.497 e. The van der Waals surface area contributed by atoms with Crippen LogP contribution in [-0.4, -0.2) is 33.4 Å². The quantitative estimate of drug-likeness (QED) is 0.697. The Morgan fingerprint density at radius 1 is 0.818 bits per heavy atom. The van der Waals surface area contributed by atoms with Crippen LogP contribution in [0.2, 0.25) is 0 Å². The molecule has 0 radical (unpaired) electrons. The third kappa shape index (κ3) is 5.18. The van der Waals surface area contributed by atoms with Crippen molar-refractivity contribution in [1.29, 1.82) is 0 Å². The highest BCUT2D eigenvalue weighted by Crippen LogP contribution is 2.17. The molecule has 2 aromatic rings. The van der Waals surface area contributed by atoms with E-state index in [-0.39, 0.29) is 0 Å². The molecule has 22 heavy (non-hydrogen) atoms. The van der Waals surface area contributed by atoms with Crippen molar-refractivity contribution in [2.24, 2.45) is 5.73 Å². The summed E-state index contributed by atoms with van der Waals surface area (Å²) in [6.45, 7) is 2.35. The van der Waals surface area contributed by atoms with E-state index in [1.165, 1.54) is 0 Å². The fraction of sp³-hybridized carbons (Fsp3) is 0.294. The van der Waals surface area contributed by atoms with Gasteiger partial charge in [-0.05, 0) is 48.5 Å². The van der Waals surface area contributed by atoms with Gasteiger partial charge in [-0.1, -0.05) is 0 Å². The minimum atomic E-state index is 0.486. The van der Waals surface area contributed by atoms with Crippen LogP contribution in [-0.2, 0) is 0 Å². The van der Waals surface area contributed by atoms with E-state index in [9.17, 15) is 0 Å². The molecule has 3 N–H and O–H groups in total. The van der Waals surface area contributed by atoms with Crippen LogP contribution in [0.25, 0.3) is 0 Å². The lowest BCUT2D eigenvalue weighted by Crippen LogP contribution is -2.13. The fourth-order valence-corrected chi connectivity index (χ4v) is 1.88. The van der Waals surface area contributed by atoms with Crippen molar-refractivity contribution >= 4 is 5.69 Å². The van der Waals surface area contributed by atoms with Crippen LogP contribution in [0.3, 0.4) is 0 Å². The van der Waals surface area contributed by atoms with Crippen LogP contribution < -0.4 is 25.3 Å². The number of methoxy groups -OCH3 is 1. The van der Waals surface area contributed by atoms with Gasteiger partial charge in [0, 0.05) is 18.8 Å². The van der Waals surface area contributed by atoms with Crippen LogP contribution in [0.4, 0.5) is 5.69 Å². The molecule has 0 saturated carbocycles. The van der Waals surface area contributed by atoms with E-state index in [2.05, 4.69) is 5.32 Å². The van der Waals surface area contributed by atoms with Gasteiger partial charge in [0.05, 0.1) is 7.11 Å². The molecule has 2 rings (SSSR count). The first-order chi connectivity index (χ1) is 10.8. The van der Waals surface area contributed by atoms with E-state index in [1.54, 1.807) is 7.11 Å². The highest BCUT2D eigenvalue weighted by molar-refractivity contribution is 5.46. The Morgan fingerprint density at radius 3 is 1.82 bits per heavy atom. The van der Waals surface area contributed by atoms with Crippen LogP contribution in [0.15, 0.2) is 48.5 Å². The maximum Gasteiger partial charge on any atom is 0.122 e. The molecule has 2 aromatic carbocycles. The maximum absolute atomic E-state index is 5.63. The topological polar surface area (TPSA) is 65.7 Å². The Kier molecular flexibility index (Phi) is 6.39. The molecule has 0 bridgehead atoms. The van der Waals surface area contributed by atoms with Gasteiger partial charge < -0.3 is 25.3 Å². The number of nitrogens with two attached hydrogens (primary N) is 1. The van der Waals surface area contributed by atoms with E-state index < -0.39 is 0 Å². The summed E-state index contributed by atoms with van der Waals surface area (Å²) in [5, 5.41) is 3.20. The van der Waals surface area contributed by atoms with Gasteiger partial charge in [0.15, 0.2) is 0 Å². The summed E-state index contributed by atoms with van der Waals surface area (Å²) in [4.78, 5) is 0. The van der Waals surface area contributed by atoms with Crippen molar-refractivity contribution in [1.82, 2.24) is 0 Å². The second kappa shape index (κ2) is 8.79. The number of nitrogens with one attached hydrogen (secondary N) is 1. The minimum absolute atomic E-state index is 0.486. The number of hydrogen-bond acceptors (Lipinski definition) is 5. The number of anilines is 1. The lowest BCUT2D eigenvalue weighted by Gasteiger charge is -2.10. The van der Waals surface area contributed by atoms with Crippen LogP contribution in [0.1, 0.15) is 0 Å². The molecule has 5 heteroatoms. The van der Waals surface area contributed by atoms with Gasteiger partial charge >= 0.3 is 0 Å². The van der Waals surface area contributed by atoms with Crippen molar-refractivity contribution in [2.75, 3.05) is 38.7 Å². The molecule has 0 aromatic heterocycles. The van der Waals surface area contributed by atoms with Crippen molar-refractivity contribution in [2.45, 2.75) is 0 Å². The summed E-state index contributed by atoms with van der Waals surface area (Å²) >= 11 is 0. The summed E-state index contributed by atoms with van der Waals surface area (Å²) in [5.74, 6) is 2.43. The number of rotatable bonds is 9. The summed E-state index contributed by atoms with van der Waals surface area (Å²) in [7, 11) is 1.64. The van der Waals surface area contributed by atoms with Crippen molar-refractivity contribution in [3.05, 3.63) is 48.5 Å². The zero-order valence-corrected chi connectivity index (χ0v) is 12.7. The summed E-state index contributed by atoms with van der Waals surface area (Å²) in [6, 6.07) is 15.3. The molecule has 5 nitrogen and oxygen atoms in total. The Bertz CT molecular complexity index is 541. The Balaban J connectivity index is 1.69. The van der Waals surface area contributed by atoms with Crippen molar-refractivity contribution in [3.8, 4) is 17.2 Å². The predicted molar refractivity (Wildman–Crippen MR) is 88.0 cm³/mol. The van der Waals surface area contributed by atoms with Crippen molar-refractivity contribution in [3.63, 3.8) is 0 Å². The lowest BCUT2D eigenvalue weighted by atomic mass is 10.3. The number of ether oxygens (including phenoxy) is 3. The SMILES string of the molecule is COc1ccc(OCCOc2ccc(NCCN)cc2)cc1. The molecular weight excluding hydrogens is 280 g/mol. The highest BCUT2D eigenvalue weighted by atomic mass is 16.5. The number of hydrogen-bond donors (Lipinski definition) is 2. The molecule has 0 aliphatic rings. The second-order valence-corrected chi connectivity index (χ2v) is 4.61. The van der Waals surface area contributed by atoms with Gasteiger partial charge in [-0.2, -0.15) is 0 Å². The molecule has 0 saturated heterocycles. The average Bonchev–Trinajstić information content (AvgIpc) is 2.58. The fourth-order valence-electron chi connectivity index (χ4n) is 1.88. The highest BCUT2D eigenvalue weighted by Gasteiger charge is 1.97. The van der Waals surface area contributed by atoms with Gasteiger partial charge in [-0.3, -0.25) is 0 Å². The normalized spacial score (nSPS) is 10.1. The first-order valence-corrected chi connectivity index (χ1v) is 7.25. The largest absolute Gasteiger partial charge is 0.497 e. The van der Waals surface area contributed by atoms with E-state index in [4.69, 9.17) is 19.9 Å². The Hall–Kier alpha value is -2.40. The smallest absolute Gasteiger partial charge is 0.122 e. The number of benzene rings is 2. The van der Waals surface area contributed by atoms with Crippen LogP contribution in [0.5, 0.6) is 17.2 Å². The van der Waals surface area contributed by atoms with Crippen LogP contribution in [0, 0.1) is 0 Å². The second-order valence-electron chi connectivity index (χ2n) is 4.61. The summed E-state index contributed by atoms with van der Waals surface area (Å²) < 4.78 is 16.3. The van der Waals surface area contributed by atoms with E-state index in [1.807, 2.05) is 48.5 Å². The molecule has 0 spiro atoms. The molecule has 0 aliphatic carbocycles. The van der Waals surface area contributed by atoms with E-state index in [0.717, 1.165) is 29.5 Å². The predicted octanol–water partition coefficient (Wildman–Crippen LogP) is 2.52. The third-order valence-corrected chi connectivity index (χ3v) is 3.01. The zero-order valence-electron chi connectivity index (χ0n) is 12.7. The molecule has 0 heterocycles.